The summed E-state index contributed by atoms with van der Waals surface area (Å²) in [5, 5.41) is 6.66. The van der Waals surface area contributed by atoms with Crippen molar-refractivity contribution < 1.29 is 13.2 Å². The van der Waals surface area contributed by atoms with Gasteiger partial charge in [0.15, 0.2) is 0 Å². The molecule has 0 aliphatic carbocycles. The van der Waals surface area contributed by atoms with Gasteiger partial charge in [0, 0.05) is 22.6 Å². The maximum Gasteiger partial charge on any atom is 0.225 e. The molecule has 3 aromatic carbocycles. The van der Waals surface area contributed by atoms with Crippen LogP contribution in [-0.4, -0.2) is 14.3 Å². The Morgan fingerprint density at radius 3 is 2.45 bits per heavy atom. The number of sulfone groups is 1. The number of benzene rings is 3. The number of carbonyl (C=O) groups is 1. The van der Waals surface area contributed by atoms with Crippen molar-refractivity contribution in [1.82, 2.24) is 0 Å². The van der Waals surface area contributed by atoms with Crippen LogP contribution in [-0.2, 0) is 14.6 Å². The average molecular weight is 420 g/mol. The summed E-state index contributed by atoms with van der Waals surface area (Å²) in [5.41, 5.74) is 1.47. The first-order valence-electron chi connectivity index (χ1n) is 9.25. The predicted octanol–water partition coefficient (Wildman–Crippen LogP) is 5.21. The largest absolute Gasteiger partial charge is 0.324 e. The molecule has 6 heteroatoms. The molecular formula is C23H17NO3S2. The highest BCUT2D eigenvalue weighted by molar-refractivity contribution is 7.91. The van der Waals surface area contributed by atoms with Gasteiger partial charge < -0.3 is 5.32 Å². The second-order valence-electron chi connectivity index (χ2n) is 7.03. The number of hydrogen-bond acceptors (Lipinski definition) is 4. The third-order valence-corrected chi connectivity index (χ3v) is 8.34. The number of carbonyl (C=O) groups excluding carboxylic acids is 1. The van der Waals surface area contributed by atoms with Gasteiger partial charge in [-0.1, -0.05) is 60.7 Å². The van der Waals surface area contributed by atoms with Crippen molar-refractivity contribution in [2.24, 2.45) is 0 Å². The van der Waals surface area contributed by atoms with Crippen LogP contribution in [0.4, 0.5) is 5.69 Å². The zero-order valence-electron chi connectivity index (χ0n) is 15.3. The Hall–Kier alpha value is -2.96. The Morgan fingerprint density at radius 1 is 0.897 bits per heavy atom. The van der Waals surface area contributed by atoms with Gasteiger partial charge in [0.2, 0.25) is 15.7 Å². The molecule has 1 aliphatic heterocycles. The summed E-state index contributed by atoms with van der Waals surface area (Å²) in [5.74, 6) is -0.340. The monoisotopic (exact) mass is 419 g/mol. The van der Waals surface area contributed by atoms with Crippen molar-refractivity contribution in [2.75, 3.05) is 5.32 Å². The molecule has 0 saturated carbocycles. The molecule has 5 rings (SSSR count). The van der Waals surface area contributed by atoms with Gasteiger partial charge >= 0.3 is 0 Å². The Balaban J connectivity index is 1.69. The molecule has 1 atom stereocenters. The highest BCUT2D eigenvalue weighted by Crippen LogP contribution is 2.47. The number of nitrogens with one attached hydrogen (secondary N) is 1. The zero-order valence-corrected chi connectivity index (χ0v) is 17.0. The van der Waals surface area contributed by atoms with Gasteiger partial charge in [0.1, 0.15) is 4.90 Å². The van der Waals surface area contributed by atoms with Gasteiger partial charge in [-0.15, -0.1) is 11.3 Å². The molecule has 2 heterocycles. The highest BCUT2D eigenvalue weighted by atomic mass is 32.2. The lowest BCUT2D eigenvalue weighted by Crippen LogP contribution is -2.23. The SMILES string of the molecule is O=C1CC(c2cccc3ccccc23)c2scc(S(=O)(=O)c3ccccc3)c2N1. The van der Waals surface area contributed by atoms with Crippen LogP contribution in [0.15, 0.2) is 88.0 Å². The maximum atomic E-state index is 13.2. The van der Waals surface area contributed by atoms with Crippen molar-refractivity contribution in [1.29, 1.82) is 0 Å². The second kappa shape index (κ2) is 6.83. The van der Waals surface area contributed by atoms with E-state index in [1.54, 1.807) is 35.7 Å². The lowest BCUT2D eigenvalue weighted by atomic mass is 9.87. The molecule has 29 heavy (non-hydrogen) atoms. The van der Waals surface area contributed by atoms with E-state index in [4.69, 9.17) is 0 Å². The molecule has 0 radical (unpaired) electrons. The van der Waals surface area contributed by atoms with Gasteiger partial charge in [-0.05, 0) is 28.5 Å². The molecule has 1 aromatic heterocycles. The number of fused-ring (bicyclic) bond motifs is 2. The standard InChI is InChI=1S/C23H17NO3S2/c25-21-13-19(18-12-6-8-15-7-4-5-11-17(15)18)23-22(24-21)20(14-28-23)29(26,27)16-9-2-1-3-10-16/h1-12,14,19H,13H2,(H,24,25). The second-order valence-corrected chi connectivity index (χ2v) is 9.86. The zero-order chi connectivity index (χ0) is 20.0. The molecule has 1 aliphatic rings. The van der Waals surface area contributed by atoms with E-state index in [0.717, 1.165) is 21.2 Å². The van der Waals surface area contributed by atoms with Crippen molar-refractivity contribution in [2.45, 2.75) is 22.1 Å². The van der Waals surface area contributed by atoms with Crippen LogP contribution in [0.3, 0.4) is 0 Å². The first kappa shape index (κ1) is 18.1. The molecule has 144 valence electrons. The first-order chi connectivity index (χ1) is 14.1. The van der Waals surface area contributed by atoms with Crippen LogP contribution in [0.1, 0.15) is 22.8 Å². The Morgan fingerprint density at radius 2 is 1.62 bits per heavy atom. The van der Waals surface area contributed by atoms with E-state index in [1.165, 1.54) is 11.3 Å². The molecule has 1 N–H and O–H groups in total. The van der Waals surface area contributed by atoms with Crippen molar-refractivity contribution in [3.63, 3.8) is 0 Å². The van der Waals surface area contributed by atoms with Gasteiger partial charge in [0.05, 0.1) is 10.6 Å². The quantitative estimate of drug-likeness (QED) is 0.496. The average Bonchev–Trinajstić information content (AvgIpc) is 3.18. The van der Waals surface area contributed by atoms with Gasteiger partial charge in [0.25, 0.3) is 0 Å². The molecule has 0 bridgehead atoms. The summed E-state index contributed by atoms with van der Waals surface area (Å²) in [7, 11) is -3.71. The number of thiophene rings is 1. The molecule has 0 spiro atoms. The van der Waals surface area contributed by atoms with E-state index in [9.17, 15) is 13.2 Å². The summed E-state index contributed by atoms with van der Waals surface area (Å²) in [4.78, 5) is 13.8. The van der Waals surface area contributed by atoms with E-state index in [0.29, 0.717) is 12.1 Å². The first-order valence-corrected chi connectivity index (χ1v) is 11.6. The minimum atomic E-state index is -3.71. The summed E-state index contributed by atoms with van der Waals surface area (Å²) >= 11 is 1.39. The third kappa shape index (κ3) is 2.96. The minimum Gasteiger partial charge on any atom is -0.324 e. The molecule has 1 amide bonds. The Bertz CT molecular complexity index is 1340. The third-order valence-electron chi connectivity index (χ3n) is 5.30. The molecular weight excluding hydrogens is 402 g/mol. The lowest BCUT2D eigenvalue weighted by molar-refractivity contribution is -0.116. The summed E-state index contributed by atoms with van der Waals surface area (Å²) in [6, 6.07) is 22.4. The van der Waals surface area contributed by atoms with Gasteiger partial charge in [-0.25, -0.2) is 8.42 Å². The highest BCUT2D eigenvalue weighted by Gasteiger charge is 2.34. The van der Waals surface area contributed by atoms with E-state index in [2.05, 4.69) is 5.32 Å². The number of anilines is 1. The van der Waals surface area contributed by atoms with Crippen LogP contribution in [0, 0.1) is 0 Å². The fourth-order valence-electron chi connectivity index (χ4n) is 3.93. The van der Waals surface area contributed by atoms with Crippen LogP contribution in [0.25, 0.3) is 10.8 Å². The van der Waals surface area contributed by atoms with Gasteiger partial charge in [-0.2, -0.15) is 0 Å². The summed E-state index contributed by atoms with van der Waals surface area (Å²) in [6.07, 6.45) is 0.298. The predicted molar refractivity (Wildman–Crippen MR) is 115 cm³/mol. The number of hydrogen-bond donors (Lipinski definition) is 1. The topological polar surface area (TPSA) is 63.2 Å². The molecule has 1 unspecified atom stereocenters. The van der Waals surface area contributed by atoms with Crippen LogP contribution >= 0.6 is 11.3 Å². The van der Waals surface area contributed by atoms with Crippen molar-refractivity contribution in [3.05, 3.63) is 88.6 Å². The van der Waals surface area contributed by atoms with E-state index < -0.39 is 9.84 Å². The van der Waals surface area contributed by atoms with Crippen molar-refractivity contribution >= 4 is 43.5 Å². The summed E-state index contributed by atoms with van der Waals surface area (Å²) in [6.45, 7) is 0. The fourth-order valence-corrected chi connectivity index (χ4v) is 6.85. The minimum absolute atomic E-state index is 0.168. The fraction of sp³-hybridized carbons (Fsp3) is 0.0870. The summed E-state index contributed by atoms with van der Waals surface area (Å²) < 4.78 is 26.4. The van der Waals surface area contributed by atoms with Crippen LogP contribution in [0.5, 0.6) is 0 Å². The molecule has 4 nitrogen and oxygen atoms in total. The molecule has 4 aromatic rings. The normalized spacial score (nSPS) is 16.4. The molecule has 0 saturated heterocycles. The number of amides is 1. The van der Waals surface area contributed by atoms with E-state index in [1.807, 2.05) is 42.5 Å². The van der Waals surface area contributed by atoms with Crippen LogP contribution in [0.2, 0.25) is 0 Å². The number of rotatable bonds is 3. The van der Waals surface area contributed by atoms with Crippen molar-refractivity contribution in [3.8, 4) is 0 Å². The maximum absolute atomic E-state index is 13.2. The Labute approximate surface area is 172 Å². The van der Waals surface area contributed by atoms with Crippen LogP contribution < -0.4 is 5.32 Å². The lowest BCUT2D eigenvalue weighted by Gasteiger charge is -2.25. The smallest absolute Gasteiger partial charge is 0.225 e. The van der Waals surface area contributed by atoms with E-state index in [-0.39, 0.29) is 21.6 Å². The van der Waals surface area contributed by atoms with Gasteiger partial charge in [-0.3, -0.25) is 4.79 Å². The van der Waals surface area contributed by atoms with E-state index >= 15 is 0 Å². The molecule has 0 fully saturated rings. The Kier molecular flexibility index (Phi) is 4.26.